The highest BCUT2D eigenvalue weighted by atomic mass is 32.1. The second kappa shape index (κ2) is 9.27. The van der Waals surface area contributed by atoms with Gasteiger partial charge >= 0.3 is 0 Å². The number of anilines is 1. The summed E-state index contributed by atoms with van der Waals surface area (Å²) in [5, 5.41) is 26.1. The normalized spacial score (nSPS) is 15.2. The number of carbonyl (C=O) groups excluding carboxylic acids is 3. The Labute approximate surface area is 218 Å². The van der Waals surface area contributed by atoms with Gasteiger partial charge in [0.25, 0.3) is 11.8 Å². The number of hydrogen-bond donors (Lipinski definition) is 5. The van der Waals surface area contributed by atoms with Crippen LogP contribution in [0.5, 0.6) is 0 Å². The van der Waals surface area contributed by atoms with Crippen molar-refractivity contribution in [2.24, 2.45) is 0 Å². The van der Waals surface area contributed by atoms with E-state index < -0.39 is 53.6 Å². The second-order valence-electron chi connectivity index (χ2n) is 8.56. The molecule has 11 nitrogen and oxygen atoms in total. The molecule has 38 heavy (non-hydrogen) atoms. The van der Waals surface area contributed by atoms with Gasteiger partial charge in [-0.25, -0.2) is 13.8 Å². The number of aliphatic hydroxyl groups is 2. The number of fused-ring (bicyclic) bond motifs is 2. The molecule has 5 rings (SSSR count). The van der Waals surface area contributed by atoms with Gasteiger partial charge in [0.15, 0.2) is 19.5 Å². The number of hydrogen-bond acceptors (Lipinski definition) is 8. The van der Waals surface area contributed by atoms with Crippen molar-refractivity contribution in [3.63, 3.8) is 0 Å². The Morgan fingerprint density at radius 1 is 1.18 bits per heavy atom. The van der Waals surface area contributed by atoms with Gasteiger partial charge in [0.2, 0.25) is 11.7 Å². The third kappa shape index (κ3) is 4.74. The van der Waals surface area contributed by atoms with Gasteiger partial charge in [-0.2, -0.15) is 4.37 Å². The average Bonchev–Trinajstić information content (AvgIpc) is 3.40. The minimum Gasteiger partial charge on any atom is -0.358 e. The highest BCUT2D eigenvalue weighted by Crippen LogP contribution is 2.35. The van der Waals surface area contributed by atoms with Gasteiger partial charge in [-0.1, -0.05) is 6.07 Å². The molecule has 1 atom stereocenters. The van der Waals surface area contributed by atoms with Gasteiger partial charge < -0.3 is 30.7 Å². The molecule has 5 N–H and O–H groups in total. The third-order valence-electron chi connectivity index (χ3n) is 5.82. The van der Waals surface area contributed by atoms with E-state index in [0.29, 0.717) is 15.8 Å². The van der Waals surface area contributed by atoms with Crippen molar-refractivity contribution in [1.29, 1.82) is 0 Å². The zero-order valence-electron chi connectivity index (χ0n) is 19.5. The SMILES string of the molecule is [B]C(O)(O)NC(=O)c1nc(NC(=O)c2nsc3ccc(F)cc23)c2n1CC(=O)NC2c1cc(F)ccc1C. The van der Waals surface area contributed by atoms with Crippen LogP contribution in [0, 0.1) is 18.6 Å². The summed E-state index contributed by atoms with van der Waals surface area (Å²) in [6.45, 7) is 1.24. The van der Waals surface area contributed by atoms with Crippen LogP contribution in [-0.4, -0.2) is 55.5 Å². The molecule has 192 valence electrons. The van der Waals surface area contributed by atoms with E-state index >= 15 is 0 Å². The maximum Gasteiger partial charge on any atom is 0.290 e. The van der Waals surface area contributed by atoms with Crippen LogP contribution in [0.4, 0.5) is 14.6 Å². The van der Waals surface area contributed by atoms with Crippen molar-refractivity contribution >= 4 is 53.0 Å². The molecule has 2 aromatic heterocycles. The predicted octanol–water partition coefficient (Wildman–Crippen LogP) is 1.05. The minimum absolute atomic E-state index is 0.0982. The highest BCUT2D eigenvalue weighted by molar-refractivity contribution is 7.13. The second-order valence-corrected chi connectivity index (χ2v) is 9.37. The average molecular weight is 538 g/mol. The van der Waals surface area contributed by atoms with Gasteiger partial charge in [-0.05, 0) is 59.9 Å². The molecule has 1 aliphatic heterocycles. The van der Waals surface area contributed by atoms with E-state index in [2.05, 4.69) is 20.0 Å². The molecule has 0 fully saturated rings. The van der Waals surface area contributed by atoms with E-state index in [9.17, 15) is 33.4 Å². The quantitative estimate of drug-likeness (QED) is 0.188. The number of aryl methyl sites for hydroxylation is 1. The number of amides is 3. The summed E-state index contributed by atoms with van der Waals surface area (Å²) in [6, 6.07) is 6.71. The minimum atomic E-state index is -3.11. The number of benzene rings is 2. The summed E-state index contributed by atoms with van der Waals surface area (Å²) < 4.78 is 33.8. The van der Waals surface area contributed by atoms with Crippen LogP contribution < -0.4 is 16.0 Å². The van der Waals surface area contributed by atoms with E-state index in [-0.39, 0.29) is 22.6 Å². The monoisotopic (exact) mass is 538 g/mol. The number of halogens is 2. The summed E-state index contributed by atoms with van der Waals surface area (Å²) in [4.78, 5) is 42.8. The largest absolute Gasteiger partial charge is 0.358 e. The zero-order valence-corrected chi connectivity index (χ0v) is 20.3. The molecular formula is C23H17BF2N6O5S. The summed E-state index contributed by atoms with van der Waals surface area (Å²) in [7, 11) is 5.06. The molecular weight excluding hydrogens is 521 g/mol. The fraction of sp³-hybridized carbons (Fsp3) is 0.174. The van der Waals surface area contributed by atoms with Gasteiger partial charge in [0.05, 0.1) is 16.4 Å². The standard InChI is InChI=1S/C23H17BF2N6O5S/c1-9-2-3-10(25)6-12(9)16-18-19(29-21(34)17-13-7-11(26)4-5-14(13)38-31-17)28-20(22(35)30-23(24,36)37)32(18)8-15(33)27-16/h2-7,16,36-37H,8H2,1H3,(H,27,33)(H,29,34)(H,30,35). The smallest absolute Gasteiger partial charge is 0.290 e. The summed E-state index contributed by atoms with van der Waals surface area (Å²) >= 11 is 0.973. The van der Waals surface area contributed by atoms with Crippen LogP contribution in [0.1, 0.15) is 44.0 Å². The Balaban J connectivity index is 1.65. The first kappa shape index (κ1) is 25.4. The fourth-order valence-corrected chi connectivity index (χ4v) is 4.97. The maximum atomic E-state index is 14.2. The lowest BCUT2D eigenvalue weighted by Gasteiger charge is -2.28. The molecule has 2 aromatic carbocycles. The Morgan fingerprint density at radius 3 is 2.63 bits per heavy atom. The van der Waals surface area contributed by atoms with Gasteiger partial charge in [0, 0.05) is 5.39 Å². The first-order chi connectivity index (χ1) is 17.9. The first-order valence-electron chi connectivity index (χ1n) is 11.0. The molecule has 0 spiro atoms. The number of imidazole rings is 1. The third-order valence-corrected chi connectivity index (χ3v) is 6.65. The topological polar surface area (TPSA) is 158 Å². The van der Waals surface area contributed by atoms with E-state index in [0.717, 1.165) is 22.2 Å². The maximum absolute atomic E-state index is 14.2. The lowest BCUT2D eigenvalue weighted by atomic mass is 9.96. The number of rotatable bonds is 5. The van der Waals surface area contributed by atoms with E-state index in [1.54, 1.807) is 12.2 Å². The highest BCUT2D eigenvalue weighted by Gasteiger charge is 2.37. The lowest BCUT2D eigenvalue weighted by Crippen LogP contribution is -2.50. The van der Waals surface area contributed by atoms with Crippen LogP contribution >= 0.6 is 11.5 Å². The molecule has 1 aliphatic rings. The van der Waals surface area contributed by atoms with Crippen molar-refractivity contribution < 1.29 is 33.4 Å². The summed E-state index contributed by atoms with van der Waals surface area (Å²) in [5.41, 5.74) is 0.894. The predicted molar refractivity (Wildman–Crippen MR) is 131 cm³/mol. The molecule has 0 bridgehead atoms. The van der Waals surface area contributed by atoms with Crippen molar-refractivity contribution in [3.05, 3.63) is 76.4 Å². The fourth-order valence-electron chi connectivity index (χ4n) is 4.21. The van der Waals surface area contributed by atoms with Crippen LogP contribution in [0.25, 0.3) is 10.1 Å². The number of nitrogens with one attached hydrogen (secondary N) is 3. The van der Waals surface area contributed by atoms with Crippen molar-refractivity contribution in [2.45, 2.75) is 25.3 Å². The van der Waals surface area contributed by atoms with Gasteiger partial charge in [0.1, 0.15) is 23.9 Å². The number of carbonyl (C=O) groups is 3. The molecule has 0 aliphatic carbocycles. The van der Waals surface area contributed by atoms with Crippen molar-refractivity contribution in [3.8, 4) is 0 Å². The molecule has 15 heteroatoms. The summed E-state index contributed by atoms with van der Waals surface area (Å²) in [5.74, 6) is -7.50. The Kier molecular flexibility index (Phi) is 6.21. The zero-order chi connectivity index (χ0) is 27.4. The van der Waals surface area contributed by atoms with Crippen molar-refractivity contribution in [1.82, 2.24) is 24.6 Å². The number of nitrogens with zero attached hydrogens (tertiary/aromatic N) is 3. The van der Waals surface area contributed by atoms with E-state index in [4.69, 9.17) is 7.85 Å². The van der Waals surface area contributed by atoms with Crippen LogP contribution in [-0.2, 0) is 11.3 Å². The molecule has 0 saturated heterocycles. The molecule has 3 amide bonds. The summed E-state index contributed by atoms with van der Waals surface area (Å²) in [6.07, 6.45) is 0. The molecule has 3 heterocycles. The molecule has 1 unspecified atom stereocenters. The van der Waals surface area contributed by atoms with E-state index in [1.165, 1.54) is 30.3 Å². The molecule has 0 saturated carbocycles. The van der Waals surface area contributed by atoms with E-state index in [1.807, 2.05) is 0 Å². The first-order valence-corrected chi connectivity index (χ1v) is 11.8. The number of aromatic nitrogens is 3. The Bertz CT molecular complexity index is 1630. The molecule has 2 radical (unpaired) electrons. The van der Waals surface area contributed by atoms with Crippen LogP contribution in [0.3, 0.4) is 0 Å². The van der Waals surface area contributed by atoms with Crippen LogP contribution in [0.2, 0.25) is 0 Å². The van der Waals surface area contributed by atoms with Gasteiger partial charge in [-0.3, -0.25) is 14.4 Å². The Hall–Kier alpha value is -4.21. The van der Waals surface area contributed by atoms with Gasteiger partial charge in [-0.15, -0.1) is 0 Å². The lowest BCUT2D eigenvalue weighted by molar-refractivity contribution is -0.123. The Morgan fingerprint density at radius 2 is 1.89 bits per heavy atom. The molecule has 4 aromatic rings. The van der Waals surface area contributed by atoms with Crippen LogP contribution in [0.15, 0.2) is 36.4 Å². The van der Waals surface area contributed by atoms with Crippen molar-refractivity contribution in [2.75, 3.05) is 5.32 Å².